The summed E-state index contributed by atoms with van der Waals surface area (Å²) in [7, 11) is 0. The molecule has 23 heavy (non-hydrogen) atoms. The summed E-state index contributed by atoms with van der Waals surface area (Å²) in [5.74, 6) is 0.366. The second kappa shape index (κ2) is 6.52. The number of aryl methyl sites for hydroxylation is 1. The first kappa shape index (κ1) is 15.1. The average Bonchev–Trinajstić information content (AvgIpc) is 2.56. The molecule has 2 aromatic carbocycles. The summed E-state index contributed by atoms with van der Waals surface area (Å²) in [6, 6.07) is 13.3. The Bertz CT molecular complexity index is 872. The molecule has 0 saturated carbocycles. The van der Waals surface area contributed by atoms with Crippen LogP contribution in [0.4, 0.5) is 10.1 Å². The van der Waals surface area contributed by atoms with Crippen LogP contribution in [0.5, 0.6) is 5.75 Å². The summed E-state index contributed by atoms with van der Waals surface area (Å²) in [6.45, 7) is 0.998. The van der Waals surface area contributed by atoms with E-state index in [1.54, 1.807) is 53.2 Å². The van der Waals surface area contributed by atoms with Gasteiger partial charge in [0.05, 0.1) is 12.0 Å². The van der Waals surface area contributed by atoms with Crippen molar-refractivity contribution in [2.45, 2.75) is 13.0 Å². The van der Waals surface area contributed by atoms with Crippen LogP contribution < -0.4 is 16.0 Å². The van der Waals surface area contributed by atoms with Crippen LogP contribution in [0.3, 0.4) is 0 Å². The Hall–Kier alpha value is -2.82. The number of nitrogens with zero attached hydrogens (tertiary/aromatic N) is 1. The molecule has 2 N–H and O–H groups in total. The van der Waals surface area contributed by atoms with Gasteiger partial charge in [-0.1, -0.05) is 6.07 Å². The Kier molecular flexibility index (Phi) is 4.28. The molecule has 0 aliphatic rings. The molecule has 0 saturated heterocycles. The molecule has 0 spiro atoms. The van der Waals surface area contributed by atoms with Gasteiger partial charge in [0.25, 0.3) is 5.56 Å². The summed E-state index contributed by atoms with van der Waals surface area (Å²) in [5.41, 5.74) is 6.11. The Morgan fingerprint density at radius 3 is 2.61 bits per heavy atom. The lowest BCUT2D eigenvalue weighted by Crippen LogP contribution is -2.20. The van der Waals surface area contributed by atoms with E-state index in [0.29, 0.717) is 36.0 Å². The van der Waals surface area contributed by atoms with Crippen molar-refractivity contribution in [2.24, 2.45) is 0 Å². The van der Waals surface area contributed by atoms with Crippen LogP contribution >= 0.6 is 0 Å². The van der Waals surface area contributed by atoms with Gasteiger partial charge in [-0.3, -0.25) is 4.79 Å². The zero-order chi connectivity index (χ0) is 16.2. The minimum Gasteiger partial charge on any atom is -0.494 e. The fraction of sp³-hybridized carbons (Fsp3) is 0.167. The SMILES string of the molecule is Nc1ccc(OCCCn2ccc3c(F)cccc3c2=O)cc1. The maximum Gasteiger partial charge on any atom is 0.258 e. The zero-order valence-electron chi connectivity index (χ0n) is 12.5. The molecule has 5 heteroatoms. The van der Waals surface area contributed by atoms with E-state index in [-0.39, 0.29) is 11.4 Å². The fourth-order valence-corrected chi connectivity index (χ4v) is 2.44. The monoisotopic (exact) mass is 312 g/mol. The third-order valence-corrected chi connectivity index (χ3v) is 3.66. The van der Waals surface area contributed by atoms with Gasteiger partial charge in [-0.15, -0.1) is 0 Å². The number of nitrogen functional groups attached to an aromatic ring is 1. The molecular weight excluding hydrogens is 295 g/mol. The number of aromatic nitrogens is 1. The lowest BCUT2D eigenvalue weighted by Gasteiger charge is -2.09. The van der Waals surface area contributed by atoms with Crippen LogP contribution in [-0.4, -0.2) is 11.2 Å². The number of pyridine rings is 1. The Labute approximate surface area is 132 Å². The number of hydrogen-bond acceptors (Lipinski definition) is 3. The van der Waals surface area contributed by atoms with Gasteiger partial charge in [-0.2, -0.15) is 0 Å². The molecule has 1 heterocycles. The lowest BCUT2D eigenvalue weighted by molar-refractivity contribution is 0.301. The highest BCUT2D eigenvalue weighted by Gasteiger charge is 2.06. The fourth-order valence-electron chi connectivity index (χ4n) is 2.44. The van der Waals surface area contributed by atoms with Gasteiger partial charge in [-0.25, -0.2) is 4.39 Å². The van der Waals surface area contributed by atoms with Crippen molar-refractivity contribution in [1.29, 1.82) is 0 Å². The van der Waals surface area contributed by atoms with E-state index >= 15 is 0 Å². The minimum absolute atomic E-state index is 0.186. The average molecular weight is 312 g/mol. The van der Waals surface area contributed by atoms with Gasteiger partial charge in [0.2, 0.25) is 0 Å². The number of benzene rings is 2. The smallest absolute Gasteiger partial charge is 0.258 e. The highest BCUT2D eigenvalue weighted by atomic mass is 19.1. The highest BCUT2D eigenvalue weighted by Crippen LogP contribution is 2.14. The van der Waals surface area contributed by atoms with Crippen LogP contribution in [0.25, 0.3) is 10.8 Å². The van der Waals surface area contributed by atoms with Crippen LogP contribution in [0, 0.1) is 5.82 Å². The number of halogens is 1. The molecular formula is C18H17FN2O2. The molecule has 3 aromatic rings. The minimum atomic E-state index is -0.376. The second-order valence-corrected chi connectivity index (χ2v) is 5.29. The molecule has 0 unspecified atom stereocenters. The molecule has 1 aromatic heterocycles. The number of rotatable bonds is 5. The summed E-state index contributed by atoms with van der Waals surface area (Å²) in [4.78, 5) is 12.3. The molecule has 0 atom stereocenters. The van der Waals surface area contributed by atoms with E-state index < -0.39 is 0 Å². The second-order valence-electron chi connectivity index (χ2n) is 5.29. The quantitative estimate of drug-likeness (QED) is 0.581. The van der Waals surface area contributed by atoms with E-state index in [0.717, 1.165) is 5.75 Å². The first-order valence-corrected chi connectivity index (χ1v) is 7.41. The topological polar surface area (TPSA) is 57.2 Å². The first-order chi connectivity index (χ1) is 11.1. The molecule has 0 radical (unpaired) electrons. The molecule has 0 aliphatic heterocycles. The molecule has 4 nitrogen and oxygen atoms in total. The standard InChI is InChI=1S/C18H17FN2O2/c19-17-4-1-3-16-15(17)9-11-21(18(16)22)10-2-12-23-14-7-5-13(20)6-8-14/h1,3-9,11H,2,10,12,20H2. The summed E-state index contributed by atoms with van der Waals surface area (Å²) < 4.78 is 20.8. The Morgan fingerprint density at radius 1 is 1.04 bits per heavy atom. The Morgan fingerprint density at radius 2 is 1.83 bits per heavy atom. The molecule has 0 aliphatic carbocycles. The number of fused-ring (bicyclic) bond motifs is 1. The van der Waals surface area contributed by atoms with Crippen LogP contribution in [0.15, 0.2) is 59.5 Å². The van der Waals surface area contributed by atoms with E-state index in [1.807, 2.05) is 0 Å². The lowest BCUT2D eigenvalue weighted by atomic mass is 10.1. The zero-order valence-corrected chi connectivity index (χ0v) is 12.5. The largest absolute Gasteiger partial charge is 0.494 e. The third kappa shape index (κ3) is 3.34. The molecule has 118 valence electrons. The summed E-state index contributed by atoms with van der Waals surface area (Å²) in [5, 5.41) is 0.749. The van der Waals surface area contributed by atoms with E-state index in [1.165, 1.54) is 6.07 Å². The van der Waals surface area contributed by atoms with Crippen molar-refractivity contribution in [3.63, 3.8) is 0 Å². The van der Waals surface area contributed by atoms with Gasteiger partial charge in [-0.05, 0) is 48.9 Å². The van der Waals surface area contributed by atoms with Crippen LogP contribution in [-0.2, 0) is 6.54 Å². The van der Waals surface area contributed by atoms with Gasteiger partial charge < -0.3 is 15.0 Å². The van der Waals surface area contributed by atoms with Crippen molar-refractivity contribution in [3.05, 3.63) is 70.9 Å². The van der Waals surface area contributed by atoms with Gasteiger partial charge in [0, 0.05) is 23.8 Å². The normalized spacial score (nSPS) is 10.8. The number of ether oxygens (including phenoxy) is 1. The van der Waals surface area contributed by atoms with Gasteiger partial charge in [0.1, 0.15) is 11.6 Å². The van der Waals surface area contributed by atoms with Crippen LogP contribution in [0.1, 0.15) is 6.42 Å². The third-order valence-electron chi connectivity index (χ3n) is 3.66. The molecule has 0 amide bonds. The van der Waals surface area contributed by atoms with E-state index in [4.69, 9.17) is 10.5 Å². The predicted octanol–water partition coefficient (Wildman–Crippen LogP) is 3.19. The molecule has 0 bridgehead atoms. The van der Waals surface area contributed by atoms with Gasteiger partial charge in [0.15, 0.2) is 0 Å². The van der Waals surface area contributed by atoms with E-state index in [9.17, 15) is 9.18 Å². The Balaban J connectivity index is 1.64. The first-order valence-electron chi connectivity index (χ1n) is 7.41. The molecule has 3 rings (SSSR count). The highest BCUT2D eigenvalue weighted by molar-refractivity contribution is 5.81. The summed E-state index contributed by atoms with van der Waals surface area (Å²) in [6.07, 6.45) is 2.29. The van der Waals surface area contributed by atoms with Crippen LogP contribution in [0.2, 0.25) is 0 Å². The van der Waals surface area contributed by atoms with Crippen molar-refractivity contribution < 1.29 is 9.13 Å². The van der Waals surface area contributed by atoms with Crippen molar-refractivity contribution in [2.75, 3.05) is 12.3 Å². The number of hydrogen-bond donors (Lipinski definition) is 1. The van der Waals surface area contributed by atoms with Gasteiger partial charge >= 0.3 is 0 Å². The van der Waals surface area contributed by atoms with Crippen molar-refractivity contribution in [3.8, 4) is 5.75 Å². The predicted molar refractivity (Wildman–Crippen MR) is 89.1 cm³/mol. The maximum absolute atomic E-state index is 13.6. The van der Waals surface area contributed by atoms with E-state index in [2.05, 4.69) is 0 Å². The van der Waals surface area contributed by atoms with Crippen molar-refractivity contribution in [1.82, 2.24) is 4.57 Å². The maximum atomic E-state index is 13.6. The summed E-state index contributed by atoms with van der Waals surface area (Å²) >= 11 is 0. The molecule has 0 fully saturated rings. The van der Waals surface area contributed by atoms with Crippen molar-refractivity contribution >= 4 is 16.5 Å². The number of nitrogens with two attached hydrogens (primary N) is 1. The number of anilines is 1.